The number of hydrogen-bond donors (Lipinski definition) is 2. The summed E-state index contributed by atoms with van der Waals surface area (Å²) in [6.07, 6.45) is 1.27. The molecule has 1 saturated carbocycles. The van der Waals surface area contributed by atoms with Gasteiger partial charge in [-0.1, -0.05) is 30.3 Å². The van der Waals surface area contributed by atoms with Crippen molar-refractivity contribution in [3.63, 3.8) is 0 Å². The van der Waals surface area contributed by atoms with Crippen molar-refractivity contribution < 1.29 is 0 Å². The van der Waals surface area contributed by atoms with E-state index >= 15 is 0 Å². The molecule has 25 heavy (non-hydrogen) atoms. The second kappa shape index (κ2) is 9.52. The van der Waals surface area contributed by atoms with Gasteiger partial charge in [-0.25, -0.2) is 9.98 Å². The summed E-state index contributed by atoms with van der Waals surface area (Å²) in [6.45, 7) is 8.75. The third kappa shape index (κ3) is 5.67. The first-order valence-electron chi connectivity index (χ1n) is 8.67. The van der Waals surface area contributed by atoms with Crippen molar-refractivity contribution in [1.82, 2.24) is 15.6 Å². The molecule has 0 radical (unpaired) electrons. The van der Waals surface area contributed by atoms with E-state index in [2.05, 4.69) is 71.7 Å². The van der Waals surface area contributed by atoms with Crippen molar-refractivity contribution in [1.29, 1.82) is 0 Å². The van der Waals surface area contributed by atoms with Crippen LogP contribution in [-0.4, -0.2) is 24.0 Å². The van der Waals surface area contributed by atoms with Crippen molar-refractivity contribution in [2.24, 2.45) is 10.9 Å². The molecule has 2 aromatic rings. The Bertz CT molecular complexity index is 679. The minimum atomic E-state index is 0. The number of aryl methyl sites for hydroxylation is 2. The molecular weight excluding hydrogens is 443 g/mol. The minimum absolute atomic E-state index is 0. The molecule has 0 amide bonds. The summed E-state index contributed by atoms with van der Waals surface area (Å²) in [5.74, 6) is 2.30. The maximum absolute atomic E-state index is 4.68. The zero-order valence-electron chi connectivity index (χ0n) is 15.1. The summed E-state index contributed by atoms with van der Waals surface area (Å²) in [4.78, 5) is 10.5. The van der Waals surface area contributed by atoms with Crippen molar-refractivity contribution in [3.05, 3.63) is 51.5 Å². The van der Waals surface area contributed by atoms with E-state index in [9.17, 15) is 0 Å². The van der Waals surface area contributed by atoms with E-state index in [1.54, 1.807) is 11.3 Å². The zero-order valence-corrected chi connectivity index (χ0v) is 18.2. The van der Waals surface area contributed by atoms with Crippen LogP contribution in [0.2, 0.25) is 0 Å². The highest BCUT2D eigenvalue weighted by Gasteiger charge is 2.37. The Balaban J connectivity index is 0.00000225. The topological polar surface area (TPSA) is 49.3 Å². The Morgan fingerprint density at radius 1 is 1.24 bits per heavy atom. The molecule has 0 saturated heterocycles. The molecule has 0 aliphatic heterocycles. The van der Waals surface area contributed by atoms with Crippen molar-refractivity contribution in [3.8, 4) is 0 Å². The molecule has 4 nitrogen and oxygen atoms in total. The van der Waals surface area contributed by atoms with E-state index in [1.165, 1.54) is 16.9 Å². The van der Waals surface area contributed by atoms with Crippen LogP contribution in [0.4, 0.5) is 0 Å². The maximum atomic E-state index is 4.68. The highest BCUT2D eigenvalue weighted by atomic mass is 127. The molecule has 6 heteroatoms. The summed E-state index contributed by atoms with van der Waals surface area (Å²) in [6, 6.07) is 10.8. The monoisotopic (exact) mass is 470 g/mol. The lowest BCUT2D eigenvalue weighted by atomic mass is 10.1. The SMILES string of the molecule is CCNC(=NCc1nc(C)c(C)s1)NCC1CC1c1ccccc1.I. The Kier molecular flexibility index (Phi) is 7.68. The summed E-state index contributed by atoms with van der Waals surface area (Å²) >= 11 is 1.74. The van der Waals surface area contributed by atoms with Gasteiger partial charge in [0, 0.05) is 18.0 Å². The Hall–Kier alpha value is -1.15. The quantitative estimate of drug-likeness (QED) is 0.377. The molecule has 2 unspecified atom stereocenters. The van der Waals surface area contributed by atoms with Gasteiger partial charge in [-0.05, 0) is 44.6 Å². The minimum Gasteiger partial charge on any atom is -0.357 e. The summed E-state index contributed by atoms with van der Waals surface area (Å²) in [5.41, 5.74) is 2.58. The molecule has 0 bridgehead atoms. The van der Waals surface area contributed by atoms with Crippen LogP contribution in [0.25, 0.3) is 0 Å². The lowest BCUT2D eigenvalue weighted by Crippen LogP contribution is -2.38. The largest absolute Gasteiger partial charge is 0.357 e. The smallest absolute Gasteiger partial charge is 0.191 e. The number of rotatable bonds is 6. The summed E-state index contributed by atoms with van der Waals surface area (Å²) in [7, 11) is 0. The fourth-order valence-corrected chi connectivity index (χ4v) is 3.76. The first kappa shape index (κ1) is 20.2. The molecule has 2 N–H and O–H groups in total. The number of nitrogens with zero attached hydrogens (tertiary/aromatic N) is 2. The molecule has 3 rings (SSSR count). The summed E-state index contributed by atoms with van der Waals surface area (Å²) < 4.78 is 0. The Labute approximate surface area is 171 Å². The first-order valence-corrected chi connectivity index (χ1v) is 9.49. The van der Waals surface area contributed by atoms with Crippen LogP contribution in [0, 0.1) is 19.8 Å². The van der Waals surface area contributed by atoms with Gasteiger partial charge in [-0.3, -0.25) is 0 Å². The number of guanidine groups is 1. The highest BCUT2D eigenvalue weighted by molar-refractivity contribution is 14.0. The van der Waals surface area contributed by atoms with Crippen LogP contribution in [-0.2, 0) is 6.54 Å². The first-order chi connectivity index (χ1) is 11.7. The lowest BCUT2D eigenvalue weighted by Gasteiger charge is -2.10. The van der Waals surface area contributed by atoms with Crippen LogP contribution in [0.3, 0.4) is 0 Å². The molecule has 1 aromatic heterocycles. The molecule has 1 aliphatic rings. The lowest BCUT2D eigenvalue weighted by molar-refractivity contribution is 0.720. The van der Waals surface area contributed by atoms with Gasteiger partial charge in [0.2, 0.25) is 0 Å². The predicted molar refractivity (Wildman–Crippen MR) is 117 cm³/mol. The second-order valence-electron chi connectivity index (χ2n) is 6.34. The molecule has 1 fully saturated rings. The van der Waals surface area contributed by atoms with E-state index in [-0.39, 0.29) is 24.0 Å². The van der Waals surface area contributed by atoms with E-state index in [4.69, 9.17) is 0 Å². The Morgan fingerprint density at radius 2 is 2.00 bits per heavy atom. The Morgan fingerprint density at radius 3 is 2.64 bits per heavy atom. The van der Waals surface area contributed by atoms with Crippen LogP contribution in [0.1, 0.15) is 40.4 Å². The van der Waals surface area contributed by atoms with Gasteiger partial charge in [-0.15, -0.1) is 35.3 Å². The van der Waals surface area contributed by atoms with E-state index in [0.717, 1.165) is 29.8 Å². The van der Waals surface area contributed by atoms with Crippen molar-refractivity contribution in [2.45, 2.75) is 39.7 Å². The molecule has 1 aliphatic carbocycles. The number of aliphatic imine (C=N–C) groups is 1. The van der Waals surface area contributed by atoms with Crippen LogP contribution in [0.15, 0.2) is 35.3 Å². The number of nitrogens with one attached hydrogen (secondary N) is 2. The van der Waals surface area contributed by atoms with Gasteiger partial charge in [0.25, 0.3) is 0 Å². The van der Waals surface area contributed by atoms with E-state index in [1.807, 2.05) is 0 Å². The number of benzene rings is 1. The molecule has 1 aromatic carbocycles. The van der Waals surface area contributed by atoms with Crippen LogP contribution < -0.4 is 10.6 Å². The predicted octanol–water partition coefficient (Wildman–Crippen LogP) is 4.24. The molecule has 1 heterocycles. The molecule has 0 spiro atoms. The normalized spacial score (nSPS) is 19.2. The molecular formula is C19H27IN4S. The van der Waals surface area contributed by atoms with Crippen molar-refractivity contribution in [2.75, 3.05) is 13.1 Å². The second-order valence-corrected chi connectivity index (χ2v) is 7.63. The maximum Gasteiger partial charge on any atom is 0.191 e. The number of halogens is 1. The van der Waals surface area contributed by atoms with Gasteiger partial charge in [-0.2, -0.15) is 0 Å². The third-order valence-corrected chi connectivity index (χ3v) is 5.53. The fourth-order valence-electron chi connectivity index (χ4n) is 2.90. The van der Waals surface area contributed by atoms with Gasteiger partial charge in [0.05, 0.1) is 12.2 Å². The molecule has 136 valence electrons. The van der Waals surface area contributed by atoms with Gasteiger partial charge >= 0.3 is 0 Å². The summed E-state index contributed by atoms with van der Waals surface area (Å²) in [5, 5.41) is 7.90. The van der Waals surface area contributed by atoms with Gasteiger partial charge < -0.3 is 10.6 Å². The number of aromatic nitrogens is 1. The third-order valence-electron chi connectivity index (χ3n) is 4.47. The van der Waals surface area contributed by atoms with Gasteiger partial charge in [0.1, 0.15) is 5.01 Å². The van der Waals surface area contributed by atoms with Crippen LogP contribution >= 0.6 is 35.3 Å². The number of hydrogen-bond acceptors (Lipinski definition) is 3. The van der Waals surface area contributed by atoms with E-state index in [0.29, 0.717) is 18.4 Å². The van der Waals surface area contributed by atoms with Crippen molar-refractivity contribution >= 4 is 41.3 Å². The van der Waals surface area contributed by atoms with Crippen LogP contribution in [0.5, 0.6) is 0 Å². The average Bonchev–Trinajstić information content (AvgIpc) is 3.30. The fraction of sp³-hybridized carbons (Fsp3) is 0.474. The van der Waals surface area contributed by atoms with Gasteiger partial charge in [0.15, 0.2) is 5.96 Å². The van der Waals surface area contributed by atoms with E-state index < -0.39 is 0 Å². The average molecular weight is 470 g/mol. The zero-order chi connectivity index (χ0) is 16.9. The standard InChI is InChI=1S/C19H26N4S.HI/c1-4-20-19(22-12-18-23-13(2)14(3)24-18)21-11-16-10-17(16)15-8-6-5-7-9-15;/h5-9,16-17H,4,10-12H2,1-3H3,(H2,20,21,22);1H. The number of thiazole rings is 1. The highest BCUT2D eigenvalue weighted by Crippen LogP contribution is 2.46. The molecule has 2 atom stereocenters.